The molecular weight excluding hydrogens is 406 g/mol. The Balaban J connectivity index is 1.80. The summed E-state index contributed by atoms with van der Waals surface area (Å²) in [4.78, 5) is 18.1. The monoisotopic (exact) mass is 426 g/mol. The number of carbonyl (C=O) groups excluding carboxylic acids is 1. The van der Waals surface area contributed by atoms with E-state index >= 15 is 0 Å². The summed E-state index contributed by atoms with van der Waals surface area (Å²) in [6, 6.07) is 6.46. The molecule has 4 aromatic rings. The molecule has 31 heavy (non-hydrogen) atoms. The van der Waals surface area contributed by atoms with Crippen LogP contribution >= 0.6 is 0 Å². The summed E-state index contributed by atoms with van der Waals surface area (Å²) in [5, 5.41) is 8.55. The van der Waals surface area contributed by atoms with Crippen molar-refractivity contribution in [1.29, 1.82) is 0 Å². The minimum atomic E-state index is -0.923. The van der Waals surface area contributed by atoms with Crippen LogP contribution in [0.2, 0.25) is 0 Å². The van der Waals surface area contributed by atoms with E-state index in [1.165, 1.54) is 6.07 Å². The number of nitrogens with two attached hydrogens (primary N) is 1. The number of nitrogens with one attached hydrogen (secondary N) is 1. The maximum absolute atomic E-state index is 14.8. The molecule has 1 fully saturated rings. The first kappa shape index (κ1) is 19.4. The van der Waals surface area contributed by atoms with E-state index in [-0.39, 0.29) is 22.6 Å². The third-order valence-corrected chi connectivity index (χ3v) is 5.57. The molecule has 1 aliphatic heterocycles. The lowest BCUT2D eigenvalue weighted by Crippen LogP contribution is -2.43. The van der Waals surface area contributed by atoms with Crippen LogP contribution in [0.15, 0.2) is 28.7 Å². The number of aryl methyl sites for hydroxylation is 1. The largest absolute Gasteiger partial charge is 0.438 e. The highest BCUT2D eigenvalue weighted by atomic mass is 19.1. The fraction of sp³-hybridized carbons (Fsp3) is 0.286. The number of rotatable bonds is 4. The van der Waals surface area contributed by atoms with E-state index in [2.05, 4.69) is 20.3 Å². The van der Waals surface area contributed by atoms with Gasteiger partial charge in [-0.1, -0.05) is 0 Å². The third-order valence-electron chi connectivity index (χ3n) is 5.57. The van der Waals surface area contributed by atoms with Gasteiger partial charge in [0.1, 0.15) is 11.0 Å². The topological polar surface area (TPSA) is 102 Å². The van der Waals surface area contributed by atoms with Crippen molar-refractivity contribution in [2.45, 2.75) is 6.67 Å². The molecule has 3 N–H and O–H groups in total. The molecule has 3 heterocycles. The molecule has 0 aliphatic carbocycles. The van der Waals surface area contributed by atoms with Gasteiger partial charge in [0.15, 0.2) is 18.1 Å². The molecule has 8 nitrogen and oxygen atoms in total. The number of anilines is 1. The van der Waals surface area contributed by atoms with Gasteiger partial charge in [-0.25, -0.2) is 13.8 Å². The third kappa shape index (κ3) is 3.10. The van der Waals surface area contributed by atoms with Gasteiger partial charge in [0.2, 0.25) is 5.89 Å². The average Bonchev–Trinajstić information content (AvgIpc) is 3.34. The number of primary amides is 1. The SMILES string of the molecule is Cn1nc2c(C(N)=O)ccc(N3CCNCC3)c2c1-c1cc(F)c2nc(CF)oc2c1. The quantitative estimate of drug-likeness (QED) is 0.520. The summed E-state index contributed by atoms with van der Waals surface area (Å²) in [6.07, 6.45) is 0. The number of piperazine rings is 1. The zero-order valence-electron chi connectivity index (χ0n) is 16.8. The maximum Gasteiger partial charge on any atom is 0.250 e. The van der Waals surface area contributed by atoms with Gasteiger partial charge in [0.05, 0.1) is 16.6 Å². The molecule has 0 bridgehead atoms. The van der Waals surface area contributed by atoms with Crippen molar-refractivity contribution in [3.05, 3.63) is 41.5 Å². The molecule has 0 radical (unpaired) electrons. The van der Waals surface area contributed by atoms with E-state index < -0.39 is 18.4 Å². The van der Waals surface area contributed by atoms with Gasteiger partial charge >= 0.3 is 0 Å². The van der Waals surface area contributed by atoms with E-state index in [4.69, 9.17) is 10.2 Å². The molecule has 2 aromatic heterocycles. The molecule has 1 amide bonds. The Morgan fingerprint density at radius 1 is 1.26 bits per heavy atom. The maximum atomic E-state index is 14.8. The Labute approximate surface area is 175 Å². The molecule has 2 aromatic carbocycles. The van der Waals surface area contributed by atoms with Gasteiger partial charge in [-0.15, -0.1) is 0 Å². The van der Waals surface area contributed by atoms with Gasteiger partial charge in [0, 0.05) is 44.5 Å². The van der Waals surface area contributed by atoms with Crippen molar-refractivity contribution < 1.29 is 18.0 Å². The van der Waals surface area contributed by atoms with Crippen LogP contribution in [0.3, 0.4) is 0 Å². The molecule has 0 spiro atoms. The predicted molar refractivity (Wildman–Crippen MR) is 112 cm³/mol. The first-order valence-corrected chi connectivity index (χ1v) is 9.88. The normalized spacial score (nSPS) is 14.6. The van der Waals surface area contributed by atoms with Crippen LogP contribution in [-0.4, -0.2) is 46.9 Å². The Morgan fingerprint density at radius 2 is 2.03 bits per heavy atom. The van der Waals surface area contributed by atoms with Crippen LogP contribution in [0.4, 0.5) is 14.5 Å². The number of alkyl halides is 1. The van der Waals surface area contributed by atoms with Gasteiger partial charge in [-0.3, -0.25) is 9.48 Å². The number of hydrogen-bond donors (Lipinski definition) is 2. The van der Waals surface area contributed by atoms with Crippen LogP contribution in [0.25, 0.3) is 33.3 Å². The molecule has 10 heteroatoms. The number of benzene rings is 2. The first-order chi connectivity index (χ1) is 15.0. The second kappa shape index (κ2) is 7.31. The van der Waals surface area contributed by atoms with Crippen LogP contribution < -0.4 is 16.0 Å². The molecule has 5 rings (SSSR count). The lowest BCUT2D eigenvalue weighted by atomic mass is 10.0. The molecule has 0 saturated carbocycles. The van der Waals surface area contributed by atoms with Crippen LogP contribution in [0.5, 0.6) is 0 Å². The summed E-state index contributed by atoms with van der Waals surface area (Å²) in [7, 11) is 1.72. The van der Waals surface area contributed by atoms with Crippen LogP contribution in [0, 0.1) is 5.82 Å². The summed E-state index contributed by atoms with van der Waals surface area (Å²) < 4.78 is 34.7. The zero-order chi connectivity index (χ0) is 21.7. The fourth-order valence-corrected chi connectivity index (χ4v) is 4.21. The van der Waals surface area contributed by atoms with Crippen molar-refractivity contribution in [3.8, 4) is 11.3 Å². The van der Waals surface area contributed by atoms with Gasteiger partial charge in [-0.05, 0) is 24.3 Å². The number of nitrogens with zero attached hydrogens (tertiary/aromatic N) is 4. The van der Waals surface area contributed by atoms with E-state index in [0.29, 0.717) is 22.2 Å². The van der Waals surface area contributed by atoms with Crippen LogP contribution in [0.1, 0.15) is 16.2 Å². The summed E-state index contributed by atoms with van der Waals surface area (Å²) in [5.74, 6) is -1.40. The predicted octanol–water partition coefficient (Wildman–Crippen LogP) is 2.50. The van der Waals surface area contributed by atoms with E-state index in [1.54, 1.807) is 23.9 Å². The average molecular weight is 426 g/mol. The minimum Gasteiger partial charge on any atom is -0.438 e. The summed E-state index contributed by atoms with van der Waals surface area (Å²) in [5.41, 5.74) is 8.41. The van der Waals surface area contributed by atoms with Crippen molar-refractivity contribution in [3.63, 3.8) is 0 Å². The molecule has 160 valence electrons. The van der Waals surface area contributed by atoms with Crippen molar-refractivity contribution >= 4 is 33.6 Å². The summed E-state index contributed by atoms with van der Waals surface area (Å²) >= 11 is 0. The summed E-state index contributed by atoms with van der Waals surface area (Å²) in [6.45, 7) is 2.26. The minimum absolute atomic E-state index is 0.0250. The van der Waals surface area contributed by atoms with Crippen molar-refractivity contribution in [1.82, 2.24) is 20.1 Å². The number of halogens is 2. The van der Waals surface area contributed by atoms with Crippen molar-refractivity contribution in [2.75, 3.05) is 31.1 Å². The number of oxazole rings is 1. The van der Waals surface area contributed by atoms with Gasteiger partial charge < -0.3 is 20.4 Å². The lowest BCUT2D eigenvalue weighted by Gasteiger charge is -2.30. The molecular formula is C21H20F2N6O2. The van der Waals surface area contributed by atoms with Gasteiger partial charge in [0.25, 0.3) is 5.91 Å². The number of fused-ring (bicyclic) bond motifs is 2. The second-order valence-corrected chi connectivity index (χ2v) is 7.48. The number of hydrogen-bond acceptors (Lipinski definition) is 6. The van der Waals surface area contributed by atoms with Crippen LogP contribution in [-0.2, 0) is 13.7 Å². The molecule has 0 atom stereocenters. The lowest BCUT2D eigenvalue weighted by molar-refractivity contribution is 0.100. The number of carbonyl (C=O) groups is 1. The smallest absolute Gasteiger partial charge is 0.250 e. The highest BCUT2D eigenvalue weighted by Crippen LogP contribution is 2.39. The second-order valence-electron chi connectivity index (χ2n) is 7.48. The Bertz CT molecular complexity index is 1320. The Morgan fingerprint density at radius 3 is 2.74 bits per heavy atom. The highest BCUT2D eigenvalue weighted by Gasteiger charge is 2.24. The molecule has 1 aliphatic rings. The van der Waals surface area contributed by atoms with Gasteiger partial charge in [-0.2, -0.15) is 5.10 Å². The number of aromatic nitrogens is 3. The van der Waals surface area contributed by atoms with E-state index in [9.17, 15) is 13.6 Å². The number of amides is 1. The van der Waals surface area contributed by atoms with E-state index in [0.717, 1.165) is 31.9 Å². The fourth-order valence-electron chi connectivity index (χ4n) is 4.21. The Kier molecular flexibility index (Phi) is 4.58. The highest BCUT2D eigenvalue weighted by molar-refractivity contribution is 6.13. The Hall–Kier alpha value is -3.53. The molecule has 0 unspecified atom stereocenters. The van der Waals surface area contributed by atoms with E-state index in [1.807, 2.05) is 6.07 Å². The standard InChI is InChI=1S/C21H20F2N6O2/c1-28-20(11-8-13(23)19-15(9-11)31-16(10-22)26-19)17-14(29-6-4-25-5-7-29)3-2-12(21(24)30)18(17)27-28/h2-3,8-9,25H,4-7,10H2,1H3,(H2,24,30). The molecule has 1 saturated heterocycles. The van der Waals surface area contributed by atoms with Crippen molar-refractivity contribution in [2.24, 2.45) is 12.8 Å². The first-order valence-electron chi connectivity index (χ1n) is 9.88. The zero-order valence-corrected chi connectivity index (χ0v) is 16.8.